The Balaban J connectivity index is 1.71. The van der Waals surface area contributed by atoms with Crippen LogP contribution in [0.3, 0.4) is 0 Å². The Bertz CT molecular complexity index is 786. The van der Waals surface area contributed by atoms with Crippen molar-refractivity contribution in [3.05, 3.63) is 89.6 Å². The number of rotatable bonds is 5. The first kappa shape index (κ1) is 17.3. The summed E-state index contributed by atoms with van der Waals surface area (Å²) in [6, 6.07) is 17.2. The summed E-state index contributed by atoms with van der Waals surface area (Å²) in [6.07, 6.45) is 6.45. The summed E-state index contributed by atoms with van der Waals surface area (Å²) >= 11 is 0. The molecule has 0 unspecified atom stereocenters. The molecule has 2 heteroatoms. The second-order valence-electron chi connectivity index (χ2n) is 7.31. The van der Waals surface area contributed by atoms with Gasteiger partial charge in [-0.15, -0.1) is 0 Å². The van der Waals surface area contributed by atoms with Crippen LogP contribution in [0.5, 0.6) is 0 Å². The van der Waals surface area contributed by atoms with Crippen molar-refractivity contribution in [3.63, 3.8) is 0 Å². The van der Waals surface area contributed by atoms with E-state index in [9.17, 15) is 0 Å². The van der Waals surface area contributed by atoms with Crippen molar-refractivity contribution in [2.75, 3.05) is 11.6 Å². The second kappa shape index (κ2) is 7.18. The van der Waals surface area contributed by atoms with Crippen LogP contribution in [0, 0.1) is 6.92 Å². The van der Waals surface area contributed by atoms with E-state index in [2.05, 4.69) is 92.4 Å². The molecule has 25 heavy (non-hydrogen) atoms. The summed E-state index contributed by atoms with van der Waals surface area (Å²) in [5.74, 6) is 0. The monoisotopic (exact) mass is 332 g/mol. The van der Waals surface area contributed by atoms with Gasteiger partial charge in [-0.25, -0.2) is 0 Å². The lowest BCUT2D eigenvalue weighted by Crippen LogP contribution is -2.38. The molecule has 0 aliphatic carbocycles. The second-order valence-corrected chi connectivity index (χ2v) is 7.31. The summed E-state index contributed by atoms with van der Waals surface area (Å²) in [7, 11) is 0. The van der Waals surface area contributed by atoms with Gasteiger partial charge >= 0.3 is 0 Å². The topological polar surface area (TPSA) is 15.3 Å². The number of para-hydroxylation sites is 1. The van der Waals surface area contributed by atoms with Gasteiger partial charge in [0.25, 0.3) is 0 Å². The fourth-order valence-corrected chi connectivity index (χ4v) is 3.55. The van der Waals surface area contributed by atoms with E-state index in [0.29, 0.717) is 0 Å². The first-order chi connectivity index (χ1) is 12.0. The highest BCUT2D eigenvalue weighted by molar-refractivity contribution is 5.54. The predicted molar refractivity (Wildman–Crippen MR) is 108 cm³/mol. The third kappa shape index (κ3) is 3.63. The number of allylic oxidation sites excluding steroid dienone is 2. The molecule has 1 heterocycles. The summed E-state index contributed by atoms with van der Waals surface area (Å²) in [6.45, 7) is 12.0. The number of benzene rings is 2. The van der Waals surface area contributed by atoms with Crippen molar-refractivity contribution in [1.29, 1.82) is 0 Å². The Hall–Kier alpha value is -2.48. The quantitative estimate of drug-likeness (QED) is 0.747. The largest absolute Gasteiger partial charge is 0.306 e. The van der Waals surface area contributed by atoms with Crippen LogP contribution in [0.4, 0.5) is 5.69 Å². The maximum atomic E-state index is 4.33. The Morgan fingerprint density at radius 3 is 2.64 bits per heavy atom. The van der Waals surface area contributed by atoms with Crippen molar-refractivity contribution in [3.8, 4) is 0 Å². The molecule has 0 saturated carbocycles. The lowest BCUT2D eigenvalue weighted by atomic mass is 9.76. The van der Waals surface area contributed by atoms with Gasteiger partial charge < -0.3 is 5.43 Å². The van der Waals surface area contributed by atoms with E-state index in [1.54, 1.807) is 0 Å². The molecule has 0 aromatic heterocycles. The van der Waals surface area contributed by atoms with Gasteiger partial charge in [-0.05, 0) is 54.2 Å². The number of aryl methyl sites for hydroxylation is 2. The number of fused-ring (bicyclic) bond motifs is 1. The zero-order valence-electron chi connectivity index (χ0n) is 15.5. The van der Waals surface area contributed by atoms with E-state index in [-0.39, 0.29) is 5.41 Å². The normalized spacial score (nSPS) is 14.4. The molecule has 1 aliphatic heterocycles. The third-order valence-corrected chi connectivity index (χ3v) is 5.25. The van der Waals surface area contributed by atoms with Gasteiger partial charge in [0.1, 0.15) is 0 Å². The van der Waals surface area contributed by atoms with Crippen LogP contribution in [-0.2, 0) is 11.8 Å². The van der Waals surface area contributed by atoms with Crippen LogP contribution >= 0.6 is 0 Å². The third-order valence-electron chi connectivity index (χ3n) is 5.25. The predicted octanol–water partition coefficient (Wildman–Crippen LogP) is 5.30. The molecule has 0 amide bonds. The van der Waals surface area contributed by atoms with Gasteiger partial charge in [-0.2, -0.15) is 0 Å². The van der Waals surface area contributed by atoms with Gasteiger partial charge in [0, 0.05) is 18.2 Å². The van der Waals surface area contributed by atoms with Crippen molar-refractivity contribution in [2.24, 2.45) is 0 Å². The van der Waals surface area contributed by atoms with Crippen LogP contribution in [0.1, 0.15) is 37.0 Å². The maximum absolute atomic E-state index is 4.33. The van der Waals surface area contributed by atoms with E-state index in [1.807, 2.05) is 6.20 Å². The van der Waals surface area contributed by atoms with Crippen molar-refractivity contribution >= 4 is 5.69 Å². The van der Waals surface area contributed by atoms with E-state index >= 15 is 0 Å². The van der Waals surface area contributed by atoms with E-state index in [0.717, 1.165) is 18.5 Å². The first-order valence-corrected chi connectivity index (χ1v) is 9.04. The average Bonchev–Trinajstić information content (AvgIpc) is 2.62. The molecule has 0 saturated heterocycles. The molecule has 3 rings (SSSR count). The molecule has 0 fully saturated rings. The molecular weight excluding hydrogens is 304 g/mol. The average molecular weight is 332 g/mol. The highest BCUT2D eigenvalue weighted by Crippen LogP contribution is 2.33. The summed E-state index contributed by atoms with van der Waals surface area (Å²) < 4.78 is 0. The van der Waals surface area contributed by atoms with Gasteiger partial charge in [0.05, 0.1) is 5.69 Å². The number of nitrogens with one attached hydrogen (secondary N) is 1. The molecule has 1 aliphatic rings. The molecule has 2 nitrogen and oxygen atoms in total. The highest BCUT2D eigenvalue weighted by atomic mass is 15.5. The number of anilines is 1. The molecule has 0 radical (unpaired) electrons. The fourth-order valence-electron chi connectivity index (χ4n) is 3.55. The lowest BCUT2D eigenvalue weighted by molar-refractivity contribution is 0.630. The summed E-state index contributed by atoms with van der Waals surface area (Å²) in [5, 5.41) is 2.23. The van der Waals surface area contributed by atoms with Gasteiger partial charge in [-0.1, -0.05) is 62.9 Å². The Morgan fingerprint density at radius 2 is 1.84 bits per heavy atom. The Kier molecular flexibility index (Phi) is 4.98. The minimum atomic E-state index is -0.0939. The van der Waals surface area contributed by atoms with Gasteiger partial charge in [0.2, 0.25) is 0 Å². The number of hydrazine groups is 1. The number of hydrogen-bond donors (Lipinski definition) is 1. The molecule has 130 valence electrons. The fraction of sp³-hybridized carbons (Fsp3) is 0.304. The van der Waals surface area contributed by atoms with Crippen molar-refractivity contribution in [2.45, 2.75) is 39.0 Å². The van der Waals surface area contributed by atoms with Crippen LogP contribution < -0.4 is 10.4 Å². The first-order valence-electron chi connectivity index (χ1n) is 9.04. The Morgan fingerprint density at radius 1 is 1.12 bits per heavy atom. The molecular formula is C23H28N2. The molecule has 1 N–H and O–H groups in total. The zero-order chi connectivity index (χ0) is 17.9. The minimum Gasteiger partial charge on any atom is -0.306 e. The maximum Gasteiger partial charge on any atom is 0.0603 e. The molecule has 2 aromatic rings. The zero-order valence-corrected chi connectivity index (χ0v) is 15.5. The summed E-state index contributed by atoms with van der Waals surface area (Å²) in [5.41, 5.74) is 9.76. The molecule has 0 atom stereocenters. The van der Waals surface area contributed by atoms with Crippen LogP contribution in [0.2, 0.25) is 0 Å². The smallest absolute Gasteiger partial charge is 0.0603 e. The molecule has 2 aromatic carbocycles. The Labute approximate surface area is 151 Å². The van der Waals surface area contributed by atoms with Crippen molar-refractivity contribution < 1.29 is 0 Å². The number of hydrogen-bond acceptors (Lipinski definition) is 2. The van der Waals surface area contributed by atoms with E-state index < -0.39 is 0 Å². The SMILES string of the molecule is C=C(C=CNN1CCCc2ccccc21)C(C)(C)c1ccccc1C. The van der Waals surface area contributed by atoms with Crippen LogP contribution in [0.15, 0.2) is 73.0 Å². The number of nitrogens with zero attached hydrogens (tertiary/aromatic N) is 1. The van der Waals surface area contributed by atoms with Crippen LogP contribution in [-0.4, -0.2) is 6.54 Å². The van der Waals surface area contributed by atoms with E-state index in [1.165, 1.54) is 28.8 Å². The van der Waals surface area contributed by atoms with Crippen molar-refractivity contribution in [1.82, 2.24) is 5.43 Å². The lowest BCUT2D eigenvalue weighted by Gasteiger charge is -2.31. The standard InChI is InChI=1S/C23H28N2/c1-18-10-5-7-13-21(18)23(3,4)19(2)15-16-24-25-17-9-12-20-11-6-8-14-22(20)25/h5-8,10-11,13-16,24H,2,9,12,17H2,1,3-4H3. The van der Waals surface area contributed by atoms with Gasteiger partial charge in [0.15, 0.2) is 0 Å². The summed E-state index contributed by atoms with van der Waals surface area (Å²) in [4.78, 5) is 0. The minimum absolute atomic E-state index is 0.0939. The highest BCUT2D eigenvalue weighted by Gasteiger charge is 2.24. The van der Waals surface area contributed by atoms with Crippen LogP contribution in [0.25, 0.3) is 0 Å². The van der Waals surface area contributed by atoms with E-state index in [4.69, 9.17) is 0 Å². The molecule has 0 bridgehead atoms. The van der Waals surface area contributed by atoms with Gasteiger partial charge in [-0.3, -0.25) is 5.01 Å². The molecule has 0 spiro atoms.